The second kappa shape index (κ2) is 6.29. The highest BCUT2D eigenvalue weighted by atomic mass is 16.5. The molecule has 6 heteroatoms. The van der Waals surface area contributed by atoms with Crippen LogP contribution in [0.2, 0.25) is 0 Å². The summed E-state index contributed by atoms with van der Waals surface area (Å²) in [7, 11) is 0. The minimum Gasteiger partial charge on any atom is -0.504 e. The number of ether oxygens (including phenoxy) is 2. The first kappa shape index (κ1) is 15.4. The van der Waals surface area contributed by atoms with Crippen LogP contribution in [0.3, 0.4) is 0 Å². The molecule has 6 nitrogen and oxygen atoms in total. The van der Waals surface area contributed by atoms with Crippen molar-refractivity contribution < 1.29 is 29.9 Å². The molecule has 0 fully saturated rings. The largest absolute Gasteiger partial charge is 0.504 e. The molecule has 0 aromatic heterocycles. The Morgan fingerprint density at radius 3 is 1.29 bits per heavy atom. The minimum atomic E-state index is -0.278. The van der Waals surface area contributed by atoms with Gasteiger partial charge in [-0.2, -0.15) is 0 Å². The number of rotatable bonds is 4. The fraction of sp³-hybridized carbons (Fsp3) is 0. The van der Waals surface area contributed by atoms with Crippen molar-refractivity contribution in [1.29, 1.82) is 0 Å². The van der Waals surface area contributed by atoms with Gasteiger partial charge in [-0.25, -0.2) is 0 Å². The highest BCUT2D eigenvalue weighted by Gasteiger charge is 2.06. The van der Waals surface area contributed by atoms with E-state index in [0.29, 0.717) is 23.0 Å². The third-order valence-electron chi connectivity index (χ3n) is 3.17. The molecular formula is C18H14O6. The first-order valence-corrected chi connectivity index (χ1v) is 7.01. The Balaban J connectivity index is 1.78. The highest BCUT2D eigenvalue weighted by molar-refractivity contribution is 5.47. The van der Waals surface area contributed by atoms with Gasteiger partial charge in [0, 0.05) is 18.2 Å². The van der Waals surface area contributed by atoms with E-state index in [-0.39, 0.29) is 23.0 Å². The summed E-state index contributed by atoms with van der Waals surface area (Å²) in [5, 5.41) is 37.5. The van der Waals surface area contributed by atoms with Gasteiger partial charge in [-0.1, -0.05) is 6.07 Å². The summed E-state index contributed by atoms with van der Waals surface area (Å²) in [5.41, 5.74) is 0. The van der Waals surface area contributed by atoms with E-state index in [1.54, 1.807) is 24.3 Å². The third kappa shape index (κ3) is 3.44. The Bertz CT molecular complexity index is 806. The standard InChI is InChI=1S/C18H14O6/c19-15-6-4-13(9-17(15)21)23-11-2-1-3-12(8-11)24-14-5-7-16(20)18(22)10-14/h1-10,19-22H. The van der Waals surface area contributed by atoms with Gasteiger partial charge in [-0.3, -0.25) is 0 Å². The van der Waals surface area contributed by atoms with Crippen LogP contribution in [0.5, 0.6) is 46.0 Å². The van der Waals surface area contributed by atoms with Crippen LogP contribution in [0.4, 0.5) is 0 Å². The monoisotopic (exact) mass is 326 g/mol. The molecule has 24 heavy (non-hydrogen) atoms. The summed E-state index contributed by atoms with van der Waals surface area (Å²) in [6.07, 6.45) is 0. The summed E-state index contributed by atoms with van der Waals surface area (Å²) in [6.45, 7) is 0. The number of phenolic OH excluding ortho intramolecular Hbond substituents is 4. The molecule has 122 valence electrons. The lowest BCUT2D eigenvalue weighted by Crippen LogP contribution is -1.87. The molecule has 0 saturated heterocycles. The average Bonchev–Trinajstić information content (AvgIpc) is 2.55. The molecule has 0 unspecified atom stereocenters. The third-order valence-corrected chi connectivity index (χ3v) is 3.17. The van der Waals surface area contributed by atoms with Gasteiger partial charge in [-0.05, 0) is 36.4 Å². The van der Waals surface area contributed by atoms with Gasteiger partial charge in [0.25, 0.3) is 0 Å². The summed E-state index contributed by atoms with van der Waals surface area (Å²) in [6, 6.07) is 15.0. The van der Waals surface area contributed by atoms with Gasteiger partial charge in [-0.15, -0.1) is 0 Å². The van der Waals surface area contributed by atoms with Gasteiger partial charge >= 0.3 is 0 Å². The lowest BCUT2D eigenvalue weighted by Gasteiger charge is -2.10. The zero-order valence-corrected chi connectivity index (χ0v) is 12.4. The van der Waals surface area contributed by atoms with E-state index in [0.717, 1.165) is 0 Å². The van der Waals surface area contributed by atoms with E-state index >= 15 is 0 Å². The van der Waals surface area contributed by atoms with Crippen LogP contribution < -0.4 is 9.47 Å². The minimum absolute atomic E-state index is 0.230. The van der Waals surface area contributed by atoms with Crippen LogP contribution in [0.1, 0.15) is 0 Å². The number of benzene rings is 3. The molecule has 3 aromatic carbocycles. The molecule has 3 aromatic rings. The first-order valence-electron chi connectivity index (χ1n) is 7.01. The molecular weight excluding hydrogens is 312 g/mol. The SMILES string of the molecule is Oc1ccc(Oc2cccc(Oc3ccc(O)c(O)c3)c2)cc1O. The number of hydrogen-bond donors (Lipinski definition) is 4. The van der Waals surface area contributed by atoms with E-state index < -0.39 is 0 Å². The zero-order valence-electron chi connectivity index (χ0n) is 12.4. The molecule has 0 atom stereocenters. The van der Waals surface area contributed by atoms with E-state index in [1.807, 2.05) is 0 Å². The van der Waals surface area contributed by atoms with E-state index in [2.05, 4.69) is 0 Å². The molecule has 0 saturated carbocycles. The Labute approximate surface area is 137 Å². The lowest BCUT2D eigenvalue weighted by atomic mass is 10.3. The molecule has 0 heterocycles. The number of hydrogen-bond acceptors (Lipinski definition) is 6. The van der Waals surface area contributed by atoms with Crippen molar-refractivity contribution in [2.75, 3.05) is 0 Å². The Morgan fingerprint density at radius 2 is 0.875 bits per heavy atom. The van der Waals surface area contributed by atoms with Crippen LogP contribution in [-0.4, -0.2) is 20.4 Å². The van der Waals surface area contributed by atoms with Gasteiger partial charge in [0.2, 0.25) is 0 Å². The molecule has 0 aliphatic carbocycles. The van der Waals surface area contributed by atoms with Crippen molar-refractivity contribution >= 4 is 0 Å². The summed E-state index contributed by atoms with van der Waals surface area (Å²) < 4.78 is 11.2. The molecule has 4 N–H and O–H groups in total. The maximum Gasteiger partial charge on any atom is 0.161 e. The molecule has 0 aliphatic heterocycles. The van der Waals surface area contributed by atoms with E-state index in [9.17, 15) is 20.4 Å². The van der Waals surface area contributed by atoms with Crippen molar-refractivity contribution in [3.05, 3.63) is 60.7 Å². The fourth-order valence-electron chi connectivity index (χ4n) is 2.01. The molecule has 3 rings (SSSR count). The maximum atomic E-state index is 9.48. The quantitative estimate of drug-likeness (QED) is 0.539. The van der Waals surface area contributed by atoms with Crippen molar-refractivity contribution in [3.8, 4) is 46.0 Å². The number of phenols is 4. The fourth-order valence-corrected chi connectivity index (χ4v) is 2.01. The van der Waals surface area contributed by atoms with Crippen molar-refractivity contribution in [2.45, 2.75) is 0 Å². The van der Waals surface area contributed by atoms with Crippen LogP contribution in [-0.2, 0) is 0 Å². The van der Waals surface area contributed by atoms with Crippen LogP contribution >= 0.6 is 0 Å². The molecule has 0 bridgehead atoms. The topological polar surface area (TPSA) is 99.4 Å². The lowest BCUT2D eigenvalue weighted by molar-refractivity contribution is 0.396. The van der Waals surface area contributed by atoms with Crippen LogP contribution in [0, 0.1) is 0 Å². The van der Waals surface area contributed by atoms with Crippen molar-refractivity contribution in [2.24, 2.45) is 0 Å². The van der Waals surface area contributed by atoms with Crippen molar-refractivity contribution in [1.82, 2.24) is 0 Å². The maximum absolute atomic E-state index is 9.48. The van der Waals surface area contributed by atoms with E-state index in [4.69, 9.17) is 9.47 Å². The second-order valence-electron chi connectivity index (χ2n) is 4.98. The Morgan fingerprint density at radius 1 is 0.458 bits per heavy atom. The predicted molar refractivity (Wildman–Crippen MR) is 86.1 cm³/mol. The molecule has 0 spiro atoms. The van der Waals surface area contributed by atoms with Gasteiger partial charge < -0.3 is 29.9 Å². The van der Waals surface area contributed by atoms with Crippen LogP contribution in [0.25, 0.3) is 0 Å². The normalized spacial score (nSPS) is 10.3. The number of aromatic hydroxyl groups is 4. The second-order valence-corrected chi connectivity index (χ2v) is 4.98. The van der Waals surface area contributed by atoms with Crippen molar-refractivity contribution in [3.63, 3.8) is 0 Å². The molecule has 0 radical (unpaired) electrons. The Hall–Kier alpha value is -3.54. The van der Waals surface area contributed by atoms with Gasteiger partial charge in [0.15, 0.2) is 23.0 Å². The smallest absolute Gasteiger partial charge is 0.161 e. The molecule has 0 aliphatic rings. The highest BCUT2D eigenvalue weighted by Crippen LogP contribution is 2.34. The van der Waals surface area contributed by atoms with Gasteiger partial charge in [0.1, 0.15) is 23.0 Å². The molecule has 0 amide bonds. The van der Waals surface area contributed by atoms with E-state index in [1.165, 1.54) is 36.4 Å². The average molecular weight is 326 g/mol. The first-order chi connectivity index (χ1) is 11.5. The predicted octanol–water partition coefficient (Wildman–Crippen LogP) is 4.09. The summed E-state index contributed by atoms with van der Waals surface area (Å²) in [5.74, 6) is 0.604. The van der Waals surface area contributed by atoms with Gasteiger partial charge in [0.05, 0.1) is 0 Å². The van der Waals surface area contributed by atoms with Crippen LogP contribution in [0.15, 0.2) is 60.7 Å². The summed E-state index contributed by atoms with van der Waals surface area (Å²) in [4.78, 5) is 0. The Kier molecular flexibility index (Phi) is 4.03. The summed E-state index contributed by atoms with van der Waals surface area (Å²) >= 11 is 0. The zero-order chi connectivity index (χ0) is 17.1.